The van der Waals surface area contributed by atoms with E-state index in [0.717, 1.165) is 12.0 Å². The number of hydrogen-bond donors (Lipinski definition) is 2. The van der Waals surface area contributed by atoms with E-state index in [4.69, 9.17) is 5.11 Å². The molecule has 0 atom stereocenters. The van der Waals surface area contributed by atoms with E-state index in [-0.39, 0.29) is 11.5 Å². The minimum absolute atomic E-state index is 0.0642. The van der Waals surface area contributed by atoms with Crippen molar-refractivity contribution in [3.05, 3.63) is 29.8 Å². The quantitative estimate of drug-likeness (QED) is 0.569. The number of allylic oxidation sites excluding steroid dienone is 1. The zero-order chi connectivity index (χ0) is 11.1. The van der Waals surface area contributed by atoms with E-state index in [2.05, 4.69) is 13.0 Å². The van der Waals surface area contributed by atoms with Gasteiger partial charge in [-0.3, -0.25) is 0 Å². The van der Waals surface area contributed by atoms with Crippen LogP contribution in [0.5, 0.6) is 11.5 Å². The monoisotopic (exact) mass is 206 g/mol. The third-order valence-corrected chi connectivity index (χ3v) is 2.28. The first kappa shape index (κ1) is 11.6. The van der Waals surface area contributed by atoms with Gasteiger partial charge in [0.2, 0.25) is 0 Å². The molecule has 2 N–H and O–H groups in total. The lowest BCUT2D eigenvalue weighted by molar-refractivity contribution is 0.403. The highest BCUT2D eigenvalue weighted by Crippen LogP contribution is 2.25. The minimum Gasteiger partial charge on any atom is -0.504 e. The Labute approximate surface area is 90.9 Å². The molecule has 0 fully saturated rings. The van der Waals surface area contributed by atoms with Crippen molar-refractivity contribution in [2.45, 2.75) is 32.6 Å². The largest absolute Gasteiger partial charge is 0.504 e. The highest BCUT2D eigenvalue weighted by atomic mass is 16.3. The van der Waals surface area contributed by atoms with Crippen LogP contribution in [0.25, 0.3) is 6.08 Å². The Balaban J connectivity index is 2.46. The summed E-state index contributed by atoms with van der Waals surface area (Å²) >= 11 is 0. The lowest BCUT2D eigenvalue weighted by Crippen LogP contribution is -1.74. The zero-order valence-electron chi connectivity index (χ0n) is 9.11. The molecule has 1 rings (SSSR count). The second kappa shape index (κ2) is 6.12. The average molecular weight is 206 g/mol. The molecule has 0 saturated carbocycles. The van der Waals surface area contributed by atoms with Crippen LogP contribution in [-0.2, 0) is 0 Å². The number of rotatable bonds is 5. The number of unbranched alkanes of at least 4 members (excludes halogenated alkanes) is 3. The van der Waals surface area contributed by atoms with E-state index < -0.39 is 0 Å². The highest BCUT2D eigenvalue weighted by Gasteiger charge is 1.97. The van der Waals surface area contributed by atoms with Gasteiger partial charge in [-0.15, -0.1) is 0 Å². The van der Waals surface area contributed by atoms with Crippen LogP contribution >= 0.6 is 0 Å². The van der Waals surface area contributed by atoms with E-state index in [1.807, 2.05) is 6.08 Å². The van der Waals surface area contributed by atoms with Gasteiger partial charge >= 0.3 is 0 Å². The Bertz CT molecular complexity index is 329. The van der Waals surface area contributed by atoms with Crippen molar-refractivity contribution in [2.24, 2.45) is 0 Å². The van der Waals surface area contributed by atoms with Crippen LogP contribution in [0, 0.1) is 0 Å². The van der Waals surface area contributed by atoms with Gasteiger partial charge < -0.3 is 10.2 Å². The SMILES string of the molecule is CCCCC/C=C/c1ccc(O)c(O)c1. The maximum absolute atomic E-state index is 9.26. The lowest BCUT2D eigenvalue weighted by atomic mass is 10.1. The number of benzene rings is 1. The van der Waals surface area contributed by atoms with Crippen molar-refractivity contribution in [3.8, 4) is 11.5 Å². The van der Waals surface area contributed by atoms with Gasteiger partial charge in [0.1, 0.15) is 0 Å². The van der Waals surface area contributed by atoms with Gasteiger partial charge in [-0.05, 0) is 30.5 Å². The molecule has 1 aromatic rings. The maximum atomic E-state index is 9.26. The van der Waals surface area contributed by atoms with Crippen LogP contribution < -0.4 is 0 Å². The van der Waals surface area contributed by atoms with Crippen LogP contribution in [0.15, 0.2) is 24.3 Å². The number of phenols is 2. The molecule has 82 valence electrons. The summed E-state index contributed by atoms with van der Waals surface area (Å²) in [5, 5.41) is 18.4. The second-order valence-electron chi connectivity index (χ2n) is 3.65. The van der Waals surface area contributed by atoms with Gasteiger partial charge in [0, 0.05) is 0 Å². The highest BCUT2D eigenvalue weighted by molar-refractivity contribution is 5.54. The van der Waals surface area contributed by atoms with Crippen molar-refractivity contribution in [3.63, 3.8) is 0 Å². The third-order valence-electron chi connectivity index (χ3n) is 2.28. The number of aromatic hydroxyl groups is 2. The Hall–Kier alpha value is -1.44. The van der Waals surface area contributed by atoms with Crippen molar-refractivity contribution >= 4 is 6.08 Å². The van der Waals surface area contributed by atoms with Crippen LogP contribution in [0.2, 0.25) is 0 Å². The molecule has 2 nitrogen and oxygen atoms in total. The van der Waals surface area contributed by atoms with E-state index in [9.17, 15) is 5.11 Å². The molecule has 0 aliphatic rings. The van der Waals surface area contributed by atoms with Crippen molar-refractivity contribution in [1.82, 2.24) is 0 Å². The second-order valence-corrected chi connectivity index (χ2v) is 3.65. The maximum Gasteiger partial charge on any atom is 0.157 e. The summed E-state index contributed by atoms with van der Waals surface area (Å²) in [4.78, 5) is 0. The first-order chi connectivity index (χ1) is 7.24. The summed E-state index contributed by atoms with van der Waals surface area (Å²) in [6.45, 7) is 2.18. The smallest absolute Gasteiger partial charge is 0.157 e. The fraction of sp³-hybridized carbons (Fsp3) is 0.385. The summed E-state index contributed by atoms with van der Waals surface area (Å²) in [7, 11) is 0. The molecular weight excluding hydrogens is 188 g/mol. The molecule has 0 saturated heterocycles. The van der Waals surface area contributed by atoms with Crippen LogP contribution in [-0.4, -0.2) is 10.2 Å². The van der Waals surface area contributed by atoms with Crippen LogP contribution in [0.1, 0.15) is 38.2 Å². The van der Waals surface area contributed by atoms with Gasteiger partial charge in [-0.2, -0.15) is 0 Å². The molecule has 0 radical (unpaired) electrons. The standard InChI is InChI=1S/C13H18O2/c1-2-3-4-5-6-7-11-8-9-12(14)13(15)10-11/h6-10,14-15H,2-5H2,1H3/b7-6+. The van der Waals surface area contributed by atoms with E-state index in [1.54, 1.807) is 12.1 Å². The summed E-state index contributed by atoms with van der Waals surface area (Å²) in [5.41, 5.74) is 0.918. The fourth-order valence-electron chi connectivity index (χ4n) is 1.38. The zero-order valence-corrected chi connectivity index (χ0v) is 9.11. The molecule has 0 aliphatic carbocycles. The summed E-state index contributed by atoms with van der Waals surface area (Å²) in [6, 6.07) is 4.85. The molecule has 0 amide bonds. The normalized spacial score (nSPS) is 11.0. The summed E-state index contributed by atoms with van der Waals surface area (Å²) in [6.07, 6.45) is 8.82. The number of hydrogen-bond acceptors (Lipinski definition) is 2. The fourth-order valence-corrected chi connectivity index (χ4v) is 1.38. The summed E-state index contributed by atoms with van der Waals surface area (Å²) < 4.78 is 0. The minimum atomic E-state index is -0.0712. The Morgan fingerprint density at radius 2 is 1.93 bits per heavy atom. The van der Waals surface area contributed by atoms with Gasteiger partial charge in [0.05, 0.1) is 0 Å². The van der Waals surface area contributed by atoms with E-state index in [0.29, 0.717) is 0 Å². The first-order valence-electron chi connectivity index (χ1n) is 5.42. The number of phenolic OH excluding ortho intramolecular Hbond substituents is 2. The lowest BCUT2D eigenvalue weighted by Gasteiger charge is -1.98. The van der Waals surface area contributed by atoms with Gasteiger partial charge in [-0.25, -0.2) is 0 Å². The molecule has 0 aromatic heterocycles. The molecule has 1 aromatic carbocycles. The summed E-state index contributed by atoms with van der Waals surface area (Å²) in [5.74, 6) is -0.135. The molecule has 0 aliphatic heterocycles. The predicted octanol–water partition coefficient (Wildman–Crippen LogP) is 3.69. The average Bonchev–Trinajstić information content (AvgIpc) is 2.23. The van der Waals surface area contributed by atoms with Crippen LogP contribution in [0.3, 0.4) is 0 Å². The Morgan fingerprint density at radius 3 is 2.60 bits per heavy atom. The topological polar surface area (TPSA) is 40.5 Å². The van der Waals surface area contributed by atoms with Crippen molar-refractivity contribution < 1.29 is 10.2 Å². The van der Waals surface area contributed by atoms with E-state index in [1.165, 1.54) is 25.3 Å². The molecule has 0 heterocycles. The third kappa shape index (κ3) is 4.07. The first-order valence-corrected chi connectivity index (χ1v) is 5.42. The van der Waals surface area contributed by atoms with Crippen molar-refractivity contribution in [1.29, 1.82) is 0 Å². The Kier molecular flexibility index (Phi) is 4.75. The molecule has 15 heavy (non-hydrogen) atoms. The van der Waals surface area contributed by atoms with E-state index >= 15 is 0 Å². The molecule has 0 spiro atoms. The van der Waals surface area contributed by atoms with Crippen molar-refractivity contribution in [2.75, 3.05) is 0 Å². The van der Waals surface area contributed by atoms with Gasteiger partial charge in [0.15, 0.2) is 11.5 Å². The molecular formula is C13H18O2. The predicted molar refractivity (Wildman–Crippen MR) is 62.9 cm³/mol. The van der Waals surface area contributed by atoms with Gasteiger partial charge in [-0.1, -0.05) is 38.0 Å². The Morgan fingerprint density at radius 1 is 1.13 bits per heavy atom. The van der Waals surface area contributed by atoms with Crippen LogP contribution in [0.4, 0.5) is 0 Å². The van der Waals surface area contributed by atoms with Gasteiger partial charge in [0.25, 0.3) is 0 Å². The molecule has 0 unspecified atom stereocenters. The molecule has 0 bridgehead atoms. The molecule has 2 heteroatoms.